The highest BCUT2D eigenvalue weighted by molar-refractivity contribution is 6.30. The van der Waals surface area contributed by atoms with Crippen LogP contribution in [0.1, 0.15) is 38.5 Å². The summed E-state index contributed by atoms with van der Waals surface area (Å²) in [5.41, 5.74) is 3.48. The summed E-state index contributed by atoms with van der Waals surface area (Å²) in [5.74, 6) is 0.867. The van der Waals surface area contributed by atoms with E-state index in [1.807, 2.05) is 0 Å². The van der Waals surface area contributed by atoms with Gasteiger partial charge in [-0.2, -0.15) is 0 Å². The average molecular weight is 262 g/mol. The highest BCUT2D eigenvalue weighted by Gasteiger charge is 2.41. The zero-order valence-electron chi connectivity index (χ0n) is 10.3. The van der Waals surface area contributed by atoms with Crippen molar-refractivity contribution in [2.45, 2.75) is 50.6 Å². The Morgan fingerprint density at radius 3 is 2.17 bits per heavy atom. The molecule has 1 saturated carbocycles. The maximum Gasteiger partial charge on any atom is 0.225 e. The minimum Gasteiger partial charge on any atom is -0.334 e. The van der Waals surface area contributed by atoms with Crippen LogP contribution in [-0.2, 0) is 0 Å². The minimum atomic E-state index is 0.615. The molecular formula is C14H16ClN3. The van der Waals surface area contributed by atoms with E-state index in [1.54, 1.807) is 23.5 Å². The molecule has 0 aromatic carbocycles. The van der Waals surface area contributed by atoms with Crippen LogP contribution < -0.4 is 4.90 Å². The molecule has 3 heterocycles. The van der Waals surface area contributed by atoms with Crippen LogP contribution in [-0.4, -0.2) is 22.1 Å². The van der Waals surface area contributed by atoms with Crippen LogP contribution >= 0.6 is 11.6 Å². The van der Waals surface area contributed by atoms with Crippen molar-refractivity contribution in [3.8, 4) is 0 Å². The molecule has 2 unspecified atom stereocenters. The van der Waals surface area contributed by atoms with E-state index in [0.717, 1.165) is 5.95 Å². The molecule has 4 rings (SSSR count). The molecule has 3 fully saturated rings. The number of hydrogen-bond donors (Lipinski definition) is 0. The number of hydrogen-bond acceptors (Lipinski definition) is 3. The van der Waals surface area contributed by atoms with Gasteiger partial charge >= 0.3 is 0 Å². The Morgan fingerprint density at radius 2 is 1.61 bits per heavy atom. The largest absolute Gasteiger partial charge is 0.334 e. The summed E-state index contributed by atoms with van der Waals surface area (Å²) >= 11 is 5.86. The third-order valence-electron chi connectivity index (χ3n) is 4.42. The number of nitrogens with zero attached hydrogens (tertiary/aromatic N) is 3. The zero-order valence-corrected chi connectivity index (χ0v) is 11.0. The van der Waals surface area contributed by atoms with E-state index in [-0.39, 0.29) is 0 Å². The normalized spacial score (nSPS) is 29.9. The first-order valence-corrected chi connectivity index (χ1v) is 7.15. The van der Waals surface area contributed by atoms with E-state index >= 15 is 0 Å². The van der Waals surface area contributed by atoms with Gasteiger partial charge in [0, 0.05) is 12.1 Å². The Balaban J connectivity index is 1.64. The molecule has 2 saturated heterocycles. The molecule has 0 amide bonds. The first kappa shape index (κ1) is 10.8. The van der Waals surface area contributed by atoms with Gasteiger partial charge in [0.2, 0.25) is 5.95 Å². The van der Waals surface area contributed by atoms with Gasteiger partial charge in [-0.3, -0.25) is 0 Å². The summed E-state index contributed by atoms with van der Waals surface area (Å²) in [7, 11) is 0. The van der Waals surface area contributed by atoms with Gasteiger partial charge in [0.05, 0.1) is 17.4 Å². The second-order valence-electron chi connectivity index (χ2n) is 5.61. The zero-order chi connectivity index (χ0) is 12.1. The first-order chi connectivity index (χ1) is 8.81. The maximum atomic E-state index is 5.86. The minimum absolute atomic E-state index is 0.615. The van der Waals surface area contributed by atoms with Crippen molar-refractivity contribution in [2.75, 3.05) is 4.90 Å². The summed E-state index contributed by atoms with van der Waals surface area (Å²) in [6.07, 6.45) is 11.2. The third kappa shape index (κ3) is 1.72. The number of allylic oxidation sites excluding steroid dienone is 1. The van der Waals surface area contributed by atoms with Crippen LogP contribution in [0.5, 0.6) is 0 Å². The predicted molar refractivity (Wildman–Crippen MR) is 71.8 cm³/mol. The molecule has 2 bridgehead atoms. The fourth-order valence-electron chi connectivity index (χ4n) is 3.48. The number of piperidine rings is 1. The van der Waals surface area contributed by atoms with Crippen LogP contribution in [0.15, 0.2) is 23.5 Å². The van der Waals surface area contributed by atoms with Crippen molar-refractivity contribution in [3.05, 3.63) is 28.6 Å². The molecule has 2 aliphatic heterocycles. The fraction of sp³-hybridized carbons (Fsp3) is 0.571. The van der Waals surface area contributed by atoms with E-state index < -0.39 is 0 Å². The smallest absolute Gasteiger partial charge is 0.225 e. The van der Waals surface area contributed by atoms with Crippen LogP contribution in [0.3, 0.4) is 0 Å². The number of anilines is 1. The van der Waals surface area contributed by atoms with Crippen LogP contribution in [0.25, 0.3) is 0 Å². The van der Waals surface area contributed by atoms with Crippen molar-refractivity contribution < 1.29 is 0 Å². The van der Waals surface area contributed by atoms with Crippen molar-refractivity contribution in [3.63, 3.8) is 0 Å². The second-order valence-corrected chi connectivity index (χ2v) is 6.05. The van der Waals surface area contributed by atoms with Gasteiger partial charge in [0.25, 0.3) is 0 Å². The van der Waals surface area contributed by atoms with E-state index in [4.69, 9.17) is 11.6 Å². The van der Waals surface area contributed by atoms with Crippen LogP contribution in [0, 0.1) is 0 Å². The van der Waals surface area contributed by atoms with Gasteiger partial charge in [-0.15, -0.1) is 0 Å². The lowest BCUT2D eigenvalue weighted by Crippen LogP contribution is -2.41. The second kappa shape index (κ2) is 3.95. The van der Waals surface area contributed by atoms with Gasteiger partial charge in [-0.05, 0) is 38.5 Å². The van der Waals surface area contributed by atoms with Gasteiger partial charge in [-0.25, -0.2) is 9.97 Å². The lowest BCUT2D eigenvalue weighted by Gasteiger charge is -2.36. The topological polar surface area (TPSA) is 29.0 Å². The number of aromatic nitrogens is 2. The van der Waals surface area contributed by atoms with Gasteiger partial charge in [-0.1, -0.05) is 22.7 Å². The Kier molecular flexibility index (Phi) is 2.37. The molecule has 2 atom stereocenters. The number of halogens is 1. The molecule has 18 heavy (non-hydrogen) atoms. The molecule has 94 valence electrons. The summed E-state index contributed by atoms with van der Waals surface area (Å²) < 4.78 is 0. The molecule has 4 heteroatoms. The maximum absolute atomic E-state index is 5.86. The van der Waals surface area contributed by atoms with Crippen molar-refractivity contribution >= 4 is 17.5 Å². The summed E-state index contributed by atoms with van der Waals surface area (Å²) in [4.78, 5) is 11.2. The monoisotopic (exact) mass is 261 g/mol. The number of fused-ring (bicyclic) bond motifs is 2. The first-order valence-electron chi connectivity index (χ1n) is 6.77. The van der Waals surface area contributed by atoms with E-state index in [0.29, 0.717) is 17.1 Å². The average Bonchev–Trinajstić information content (AvgIpc) is 3.18. The molecule has 3 aliphatic rings. The SMILES string of the molecule is Clc1cnc(N2C3CCC2CC(=C2CC2)C3)nc1. The molecule has 0 spiro atoms. The van der Waals surface area contributed by atoms with E-state index in [1.165, 1.54) is 38.5 Å². The standard InChI is InChI=1S/C14H16ClN3/c15-11-7-16-14(17-8-11)18-12-3-4-13(18)6-10(5-12)9-1-2-9/h7-8,12-13H,1-6H2. The molecule has 0 radical (unpaired) electrons. The fourth-order valence-corrected chi connectivity index (χ4v) is 3.58. The molecule has 1 aromatic heterocycles. The lowest BCUT2D eigenvalue weighted by molar-refractivity contribution is 0.536. The predicted octanol–water partition coefficient (Wildman–Crippen LogP) is 3.35. The summed E-state index contributed by atoms with van der Waals surface area (Å²) in [6.45, 7) is 0. The van der Waals surface area contributed by atoms with Gasteiger partial charge in [0.15, 0.2) is 0 Å². The van der Waals surface area contributed by atoms with Crippen LogP contribution in [0.2, 0.25) is 5.02 Å². The van der Waals surface area contributed by atoms with Crippen molar-refractivity contribution in [1.82, 2.24) is 9.97 Å². The molecule has 0 N–H and O–H groups in total. The van der Waals surface area contributed by atoms with Crippen LogP contribution in [0.4, 0.5) is 5.95 Å². The van der Waals surface area contributed by atoms with Gasteiger partial charge in [0.1, 0.15) is 0 Å². The molecular weight excluding hydrogens is 246 g/mol. The molecule has 3 nitrogen and oxygen atoms in total. The molecule has 1 aromatic rings. The highest BCUT2D eigenvalue weighted by Crippen LogP contribution is 2.45. The highest BCUT2D eigenvalue weighted by atomic mass is 35.5. The lowest BCUT2D eigenvalue weighted by atomic mass is 9.96. The van der Waals surface area contributed by atoms with Crippen molar-refractivity contribution in [1.29, 1.82) is 0 Å². The van der Waals surface area contributed by atoms with E-state index in [2.05, 4.69) is 14.9 Å². The summed E-state index contributed by atoms with van der Waals surface area (Å²) in [5, 5.41) is 0.615. The number of rotatable bonds is 1. The third-order valence-corrected chi connectivity index (χ3v) is 4.62. The van der Waals surface area contributed by atoms with Crippen molar-refractivity contribution in [2.24, 2.45) is 0 Å². The Bertz CT molecular complexity index is 486. The summed E-state index contributed by atoms with van der Waals surface area (Å²) in [6, 6.07) is 1.24. The quantitative estimate of drug-likeness (QED) is 0.726. The Labute approximate surface area is 112 Å². The van der Waals surface area contributed by atoms with Gasteiger partial charge < -0.3 is 4.90 Å². The van der Waals surface area contributed by atoms with E-state index in [9.17, 15) is 0 Å². The Morgan fingerprint density at radius 1 is 1.00 bits per heavy atom. The molecule has 1 aliphatic carbocycles. The Hall–Kier alpha value is -1.09.